The number of hydrogen-bond acceptors (Lipinski definition) is 5. The van der Waals surface area contributed by atoms with Gasteiger partial charge in [0.2, 0.25) is 0 Å². The number of rotatable bonds is 8. The summed E-state index contributed by atoms with van der Waals surface area (Å²) < 4.78 is 10.5. The maximum atomic E-state index is 12.0. The lowest BCUT2D eigenvalue weighted by atomic mass is 9.90. The van der Waals surface area contributed by atoms with Gasteiger partial charge in [-0.25, -0.2) is 4.79 Å². The maximum Gasteiger partial charge on any atom is 0.344 e. The van der Waals surface area contributed by atoms with Gasteiger partial charge in [-0.1, -0.05) is 62.4 Å². The molecule has 2 aromatic carbocycles. The van der Waals surface area contributed by atoms with Crippen molar-refractivity contribution in [2.24, 2.45) is 5.92 Å². The topological polar surface area (TPSA) is 88.4 Å². The second kappa shape index (κ2) is 9.56. The zero-order chi connectivity index (χ0) is 20.6. The molecule has 0 heterocycles. The van der Waals surface area contributed by atoms with Gasteiger partial charge in [0.1, 0.15) is 11.3 Å². The van der Waals surface area contributed by atoms with E-state index < -0.39 is 24.0 Å². The number of carbonyl (C=O) groups excluding carboxylic acids is 2. The van der Waals surface area contributed by atoms with E-state index in [0.29, 0.717) is 5.75 Å². The zero-order valence-corrected chi connectivity index (χ0v) is 16.3. The normalized spacial score (nSPS) is 12.5. The first-order chi connectivity index (χ1) is 13.4. The van der Waals surface area contributed by atoms with E-state index in [0.717, 1.165) is 11.1 Å². The number of nitrogens with zero attached hydrogens (tertiary/aromatic N) is 1. The summed E-state index contributed by atoms with van der Waals surface area (Å²) >= 11 is 0. The minimum atomic E-state index is -1.02. The van der Waals surface area contributed by atoms with Crippen LogP contribution in [0.5, 0.6) is 5.75 Å². The number of carbonyl (C=O) groups is 2. The highest BCUT2D eigenvalue weighted by atomic mass is 16.6. The van der Waals surface area contributed by atoms with Gasteiger partial charge < -0.3 is 14.8 Å². The summed E-state index contributed by atoms with van der Waals surface area (Å²) in [4.78, 5) is 23.9. The van der Waals surface area contributed by atoms with Crippen LogP contribution in [0.25, 0.3) is 11.1 Å². The highest BCUT2D eigenvalue weighted by molar-refractivity contribution is 5.82. The van der Waals surface area contributed by atoms with Crippen molar-refractivity contribution in [1.82, 2.24) is 5.32 Å². The van der Waals surface area contributed by atoms with E-state index in [1.54, 1.807) is 13.0 Å². The van der Waals surface area contributed by atoms with Crippen LogP contribution in [0.4, 0.5) is 0 Å². The SMILES string of the molecule is CC(C)[C@@](C)(C#N)NC(=O)COC(=O)COc1ccccc1-c1ccccc1. The van der Waals surface area contributed by atoms with Crippen LogP contribution in [0.1, 0.15) is 20.8 Å². The average molecular weight is 380 g/mol. The van der Waals surface area contributed by atoms with Gasteiger partial charge in [-0.2, -0.15) is 5.26 Å². The Kier molecular flexibility index (Phi) is 7.16. The van der Waals surface area contributed by atoms with Gasteiger partial charge in [-0.15, -0.1) is 0 Å². The van der Waals surface area contributed by atoms with Crippen LogP contribution >= 0.6 is 0 Å². The molecule has 6 nitrogen and oxygen atoms in total. The van der Waals surface area contributed by atoms with Gasteiger partial charge in [0.25, 0.3) is 5.91 Å². The Hall–Kier alpha value is -3.33. The molecule has 0 bridgehead atoms. The van der Waals surface area contributed by atoms with Gasteiger partial charge in [0, 0.05) is 5.56 Å². The Balaban J connectivity index is 1.89. The number of ether oxygens (including phenoxy) is 2. The molecule has 2 rings (SSSR count). The van der Waals surface area contributed by atoms with E-state index in [1.165, 1.54) is 0 Å². The molecule has 1 amide bonds. The molecule has 0 fully saturated rings. The molecular formula is C22H24N2O4. The minimum absolute atomic E-state index is 0.0880. The molecule has 0 saturated carbocycles. The second-order valence-electron chi connectivity index (χ2n) is 6.83. The van der Waals surface area contributed by atoms with Crippen LogP contribution in [0.15, 0.2) is 54.6 Å². The number of esters is 1. The summed E-state index contributed by atoms with van der Waals surface area (Å²) in [6.45, 7) is 4.49. The molecule has 0 unspecified atom stereocenters. The van der Waals surface area contributed by atoms with Crippen molar-refractivity contribution < 1.29 is 19.1 Å². The van der Waals surface area contributed by atoms with Crippen molar-refractivity contribution in [1.29, 1.82) is 5.26 Å². The highest BCUT2D eigenvalue weighted by Gasteiger charge is 2.30. The van der Waals surface area contributed by atoms with Crippen molar-refractivity contribution in [3.8, 4) is 22.9 Å². The number of nitrogens with one attached hydrogen (secondary N) is 1. The third kappa shape index (κ3) is 5.58. The fourth-order valence-electron chi connectivity index (χ4n) is 2.40. The quantitative estimate of drug-likeness (QED) is 0.710. The molecular weight excluding hydrogens is 356 g/mol. The Morgan fingerprint density at radius 1 is 1.07 bits per heavy atom. The monoisotopic (exact) mass is 380 g/mol. The summed E-state index contributed by atoms with van der Waals surface area (Å²) in [5, 5.41) is 11.8. The Labute approximate surface area is 165 Å². The van der Waals surface area contributed by atoms with Crippen LogP contribution in [0.2, 0.25) is 0 Å². The largest absolute Gasteiger partial charge is 0.481 e. The van der Waals surface area contributed by atoms with Gasteiger partial charge in [0.05, 0.1) is 6.07 Å². The number of para-hydroxylation sites is 1. The van der Waals surface area contributed by atoms with Crippen LogP contribution < -0.4 is 10.1 Å². The van der Waals surface area contributed by atoms with E-state index in [-0.39, 0.29) is 12.5 Å². The summed E-state index contributed by atoms with van der Waals surface area (Å²) in [7, 11) is 0. The van der Waals surface area contributed by atoms with Gasteiger partial charge in [-0.05, 0) is 24.5 Å². The van der Waals surface area contributed by atoms with Crippen LogP contribution in [0.3, 0.4) is 0 Å². The molecule has 28 heavy (non-hydrogen) atoms. The third-order valence-electron chi connectivity index (χ3n) is 4.47. The smallest absolute Gasteiger partial charge is 0.344 e. The lowest BCUT2D eigenvalue weighted by molar-refractivity contribution is -0.150. The first-order valence-corrected chi connectivity index (χ1v) is 9.01. The molecule has 0 aromatic heterocycles. The number of amides is 1. The third-order valence-corrected chi connectivity index (χ3v) is 4.47. The summed E-state index contributed by atoms with van der Waals surface area (Å²) in [6.07, 6.45) is 0. The predicted octanol–water partition coefficient (Wildman–Crippen LogP) is 3.33. The number of nitriles is 1. The molecule has 1 N–H and O–H groups in total. The Bertz CT molecular complexity index is 858. The molecule has 0 aliphatic rings. The molecule has 0 spiro atoms. The molecule has 0 saturated heterocycles. The van der Waals surface area contributed by atoms with Crippen LogP contribution in [-0.2, 0) is 14.3 Å². The standard InChI is InChI=1S/C22H24N2O4/c1-16(2)22(3,15-23)24-20(25)13-28-21(26)14-27-19-12-8-7-11-18(19)17-9-5-4-6-10-17/h4-12,16H,13-14H2,1-3H3,(H,24,25)/t22-/m1/s1. The van der Waals surface area contributed by atoms with E-state index in [4.69, 9.17) is 9.47 Å². The van der Waals surface area contributed by atoms with E-state index >= 15 is 0 Å². The zero-order valence-electron chi connectivity index (χ0n) is 16.3. The molecule has 0 radical (unpaired) electrons. The van der Waals surface area contributed by atoms with E-state index in [9.17, 15) is 14.9 Å². The predicted molar refractivity (Wildman–Crippen MR) is 105 cm³/mol. The van der Waals surface area contributed by atoms with Crippen molar-refractivity contribution in [2.45, 2.75) is 26.3 Å². The summed E-state index contributed by atoms with van der Waals surface area (Å²) in [5.41, 5.74) is 0.805. The summed E-state index contributed by atoms with van der Waals surface area (Å²) in [6, 6.07) is 19.1. The van der Waals surface area contributed by atoms with Gasteiger partial charge in [-0.3, -0.25) is 4.79 Å². The first kappa shape index (κ1) is 21.0. The van der Waals surface area contributed by atoms with Crippen molar-refractivity contribution in [3.05, 3.63) is 54.6 Å². The fraction of sp³-hybridized carbons (Fsp3) is 0.318. The van der Waals surface area contributed by atoms with E-state index in [1.807, 2.05) is 62.4 Å². The molecule has 0 aliphatic heterocycles. The van der Waals surface area contributed by atoms with Gasteiger partial charge in [0.15, 0.2) is 13.2 Å². The molecule has 2 aromatic rings. The van der Waals surface area contributed by atoms with Crippen molar-refractivity contribution >= 4 is 11.9 Å². The Morgan fingerprint density at radius 3 is 2.36 bits per heavy atom. The minimum Gasteiger partial charge on any atom is -0.481 e. The lowest BCUT2D eigenvalue weighted by Gasteiger charge is -2.27. The van der Waals surface area contributed by atoms with Crippen LogP contribution in [-0.4, -0.2) is 30.6 Å². The fourth-order valence-corrected chi connectivity index (χ4v) is 2.40. The Morgan fingerprint density at radius 2 is 1.71 bits per heavy atom. The number of hydrogen-bond donors (Lipinski definition) is 1. The first-order valence-electron chi connectivity index (χ1n) is 9.01. The van der Waals surface area contributed by atoms with Crippen LogP contribution in [0, 0.1) is 17.2 Å². The number of benzene rings is 2. The average Bonchev–Trinajstić information content (AvgIpc) is 2.71. The lowest BCUT2D eigenvalue weighted by Crippen LogP contribution is -2.50. The molecule has 6 heteroatoms. The van der Waals surface area contributed by atoms with Gasteiger partial charge >= 0.3 is 5.97 Å². The van der Waals surface area contributed by atoms with Crippen molar-refractivity contribution in [3.63, 3.8) is 0 Å². The highest BCUT2D eigenvalue weighted by Crippen LogP contribution is 2.29. The van der Waals surface area contributed by atoms with E-state index in [2.05, 4.69) is 11.4 Å². The molecule has 0 aliphatic carbocycles. The maximum absolute atomic E-state index is 12.0. The molecule has 146 valence electrons. The second-order valence-corrected chi connectivity index (χ2v) is 6.83. The molecule has 1 atom stereocenters. The summed E-state index contributed by atoms with van der Waals surface area (Å²) in [5.74, 6) is -0.737. The van der Waals surface area contributed by atoms with Crippen molar-refractivity contribution in [2.75, 3.05) is 13.2 Å².